The molecule has 2 aliphatic heterocycles. The molecule has 30 heavy (non-hydrogen) atoms. The summed E-state index contributed by atoms with van der Waals surface area (Å²) >= 11 is 6.24. The van der Waals surface area contributed by atoms with Crippen molar-refractivity contribution in [3.8, 4) is 0 Å². The van der Waals surface area contributed by atoms with Gasteiger partial charge in [0.2, 0.25) is 5.91 Å². The quantitative estimate of drug-likeness (QED) is 0.601. The number of hydrazone groups is 1. The fourth-order valence-corrected chi connectivity index (χ4v) is 4.14. The molecular formula is C22H20ClN3O4. The van der Waals surface area contributed by atoms with Crippen LogP contribution in [-0.4, -0.2) is 30.1 Å². The van der Waals surface area contributed by atoms with Crippen LogP contribution in [0.3, 0.4) is 0 Å². The Morgan fingerprint density at radius 1 is 1.20 bits per heavy atom. The van der Waals surface area contributed by atoms with E-state index in [2.05, 4.69) is 10.5 Å². The number of amides is 2. The molecule has 2 atom stereocenters. The van der Waals surface area contributed by atoms with Crippen LogP contribution in [0.5, 0.6) is 0 Å². The van der Waals surface area contributed by atoms with Gasteiger partial charge in [-0.15, -0.1) is 0 Å². The summed E-state index contributed by atoms with van der Waals surface area (Å²) in [5.74, 6) is -2.95. The van der Waals surface area contributed by atoms with E-state index >= 15 is 0 Å². The maximum absolute atomic E-state index is 13.8. The molecule has 2 amide bonds. The van der Waals surface area contributed by atoms with Crippen LogP contribution in [0.4, 0.5) is 5.69 Å². The number of aryl methyl sites for hydroxylation is 1. The second kappa shape index (κ2) is 7.25. The van der Waals surface area contributed by atoms with Gasteiger partial charge in [-0.05, 0) is 44.0 Å². The Bertz CT molecular complexity index is 1100. The van der Waals surface area contributed by atoms with E-state index in [1.807, 2.05) is 19.1 Å². The maximum Gasteiger partial charge on any atom is 0.355 e. The average Bonchev–Trinajstić information content (AvgIpc) is 3.22. The van der Waals surface area contributed by atoms with Gasteiger partial charge in [0, 0.05) is 5.02 Å². The lowest BCUT2D eigenvalue weighted by molar-refractivity contribution is -0.136. The fraction of sp³-hybridized carbons (Fsp3) is 0.273. The van der Waals surface area contributed by atoms with Crippen molar-refractivity contribution in [1.82, 2.24) is 5.43 Å². The second-order valence-electron chi connectivity index (χ2n) is 7.30. The average molecular weight is 426 g/mol. The molecule has 1 saturated heterocycles. The maximum atomic E-state index is 13.8. The van der Waals surface area contributed by atoms with Crippen LogP contribution in [0.25, 0.3) is 0 Å². The van der Waals surface area contributed by atoms with Crippen molar-refractivity contribution in [3.63, 3.8) is 0 Å². The number of benzene rings is 2. The molecule has 0 bridgehead atoms. The second-order valence-corrected chi connectivity index (χ2v) is 7.71. The number of hydrogen-bond acceptors (Lipinski definition) is 6. The van der Waals surface area contributed by atoms with E-state index in [1.54, 1.807) is 44.2 Å². The highest BCUT2D eigenvalue weighted by atomic mass is 35.5. The van der Waals surface area contributed by atoms with Crippen molar-refractivity contribution < 1.29 is 19.1 Å². The Labute approximate surface area is 178 Å². The van der Waals surface area contributed by atoms with Crippen molar-refractivity contribution in [2.45, 2.75) is 26.3 Å². The van der Waals surface area contributed by atoms with Crippen LogP contribution in [0.2, 0.25) is 5.02 Å². The van der Waals surface area contributed by atoms with Crippen LogP contribution >= 0.6 is 11.6 Å². The Balaban J connectivity index is 1.90. The molecule has 1 fully saturated rings. The Hall–Kier alpha value is -3.19. The van der Waals surface area contributed by atoms with Crippen LogP contribution in [-0.2, 0) is 24.7 Å². The first-order valence-electron chi connectivity index (χ1n) is 9.55. The molecule has 0 spiro atoms. The topological polar surface area (TPSA) is 88.1 Å². The lowest BCUT2D eigenvalue weighted by atomic mass is 9.78. The predicted molar refractivity (Wildman–Crippen MR) is 112 cm³/mol. The molecule has 0 radical (unpaired) electrons. The number of hydrogen-bond donors (Lipinski definition) is 1. The SMILES string of the molecule is CCOC(=O)C1=NN[C@@]2(c3ccc(C)cc3)C(=O)N(c3cccc(Cl)c3C)C(=O)[C@@H]12. The number of nitrogens with one attached hydrogen (secondary N) is 1. The molecule has 1 N–H and O–H groups in total. The normalized spacial score (nSPS) is 22.6. The number of anilines is 1. The Kier molecular flexibility index (Phi) is 4.86. The van der Waals surface area contributed by atoms with Gasteiger partial charge < -0.3 is 4.74 Å². The van der Waals surface area contributed by atoms with Gasteiger partial charge in [-0.25, -0.2) is 9.69 Å². The third-order valence-electron chi connectivity index (χ3n) is 5.54. The fourth-order valence-electron chi connectivity index (χ4n) is 3.97. The Morgan fingerprint density at radius 3 is 2.57 bits per heavy atom. The van der Waals surface area contributed by atoms with Crippen molar-refractivity contribution in [3.05, 3.63) is 64.2 Å². The molecule has 0 saturated carbocycles. The van der Waals surface area contributed by atoms with E-state index in [1.165, 1.54) is 0 Å². The zero-order chi connectivity index (χ0) is 21.6. The van der Waals surface area contributed by atoms with Crippen molar-refractivity contribution >= 4 is 40.8 Å². The van der Waals surface area contributed by atoms with E-state index in [9.17, 15) is 14.4 Å². The monoisotopic (exact) mass is 425 g/mol. The zero-order valence-corrected chi connectivity index (χ0v) is 17.5. The number of halogens is 1. The number of nitrogens with zero attached hydrogens (tertiary/aromatic N) is 2. The molecule has 0 aromatic heterocycles. The number of fused-ring (bicyclic) bond motifs is 1. The summed E-state index contributed by atoms with van der Waals surface area (Å²) in [6.07, 6.45) is 0. The number of rotatable bonds is 4. The van der Waals surface area contributed by atoms with Crippen molar-refractivity contribution in [2.24, 2.45) is 11.0 Å². The van der Waals surface area contributed by atoms with Gasteiger partial charge in [-0.3, -0.25) is 15.0 Å². The molecule has 2 aliphatic rings. The molecule has 2 heterocycles. The highest BCUT2D eigenvalue weighted by molar-refractivity contribution is 6.47. The number of esters is 1. The highest BCUT2D eigenvalue weighted by Gasteiger charge is 2.67. The first-order chi connectivity index (χ1) is 14.3. The van der Waals surface area contributed by atoms with Crippen molar-refractivity contribution in [1.29, 1.82) is 0 Å². The van der Waals surface area contributed by atoms with Crippen LogP contribution < -0.4 is 10.3 Å². The van der Waals surface area contributed by atoms with E-state index in [0.717, 1.165) is 10.5 Å². The summed E-state index contributed by atoms with van der Waals surface area (Å²) in [7, 11) is 0. The van der Waals surface area contributed by atoms with Gasteiger partial charge in [0.25, 0.3) is 5.91 Å². The molecule has 8 heteroatoms. The van der Waals surface area contributed by atoms with E-state index in [4.69, 9.17) is 16.3 Å². The Morgan fingerprint density at radius 2 is 1.90 bits per heavy atom. The molecule has 0 unspecified atom stereocenters. The summed E-state index contributed by atoms with van der Waals surface area (Å²) in [4.78, 5) is 41.0. The molecule has 154 valence electrons. The van der Waals surface area contributed by atoms with Gasteiger partial charge >= 0.3 is 5.97 Å². The lowest BCUT2D eigenvalue weighted by Crippen LogP contribution is -2.48. The minimum absolute atomic E-state index is 0.113. The third kappa shape index (κ3) is 2.73. The zero-order valence-electron chi connectivity index (χ0n) is 16.7. The molecule has 4 rings (SSSR count). The molecule has 2 aromatic rings. The minimum atomic E-state index is -1.53. The van der Waals surface area contributed by atoms with Gasteiger partial charge in [0.1, 0.15) is 5.92 Å². The van der Waals surface area contributed by atoms with Gasteiger partial charge in [0.05, 0.1) is 12.3 Å². The summed E-state index contributed by atoms with van der Waals surface area (Å²) in [6, 6.07) is 12.2. The molecule has 2 aromatic carbocycles. The molecular weight excluding hydrogens is 406 g/mol. The smallest absolute Gasteiger partial charge is 0.355 e. The van der Waals surface area contributed by atoms with Crippen LogP contribution in [0.15, 0.2) is 47.6 Å². The number of carbonyl (C=O) groups is 3. The number of imide groups is 1. The van der Waals surface area contributed by atoms with Crippen molar-refractivity contribution in [2.75, 3.05) is 11.5 Å². The van der Waals surface area contributed by atoms with Crippen LogP contribution in [0.1, 0.15) is 23.6 Å². The molecule has 7 nitrogen and oxygen atoms in total. The largest absolute Gasteiger partial charge is 0.461 e. The van der Waals surface area contributed by atoms with Gasteiger partial charge in [-0.2, -0.15) is 5.10 Å². The standard InChI is InChI=1S/C22H20ClN3O4/c1-4-30-20(28)18-17-19(27)26(16-7-5-6-15(23)13(16)3)21(29)22(17,25-24-18)14-10-8-12(2)9-11-14/h5-11,17,25H,4H2,1-3H3/t17-,22-/m1/s1. The third-order valence-corrected chi connectivity index (χ3v) is 5.95. The summed E-state index contributed by atoms with van der Waals surface area (Å²) in [5, 5.41) is 4.51. The van der Waals surface area contributed by atoms with E-state index in [0.29, 0.717) is 21.8 Å². The first kappa shape index (κ1) is 20.1. The summed E-state index contributed by atoms with van der Waals surface area (Å²) in [6.45, 7) is 5.45. The van der Waals surface area contributed by atoms with Gasteiger partial charge in [0.15, 0.2) is 11.3 Å². The number of carbonyl (C=O) groups excluding carboxylic acids is 3. The number of ether oxygens (including phenoxy) is 1. The highest BCUT2D eigenvalue weighted by Crippen LogP contribution is 2.46. The first-order valence-corrected chi connectivity index (χ1v) is 9.93. The lowest BCUT2D eigenvalue weighted by Gasteiger charge is -2.26. The molecule has 0 aliphatic carbocycles. The minimum Gasteiger partial charge on any atom is -0.461 e. The summed E-state index contributed by atoms with van der Waals surface area (Å²) in [5.41, 5.74) is 3.68. The van der Waals surface area contributed by atoms with E-state index < -0.39 is 29.2 Å². The van der Waals surface area contributed by atoms with Gasteiger partial charge in [-0.1, -0.05) is 47.5 Å². The van der Waals surface area contributed by atoms with E-state index in [-0.39, 0.29) is 12.3 Å². The summed E-state index contributed by atoms with van der Waals surface area (Å²) < 4.78 is 5.09. The van der Waals surface area contributed by atoms with Crippen LogP contribution in [0, 0.1) is 19.8 Å². The predicted octanol–water partition coefficient (Wildman–Crippen LogP) is 2.86.